The van der Waals surface area contributed by atoms with Crippen LogP contribution in [0.1, 0.15) is 0 Å². The quantitative estimate of drug-likeness (QED) is 0.639. The molecule has 1 fully saturated rings. The van der Waals surface area contributed by atoms with E-state index in [1.165, 1.54) is 23.1 Å². The largest absolute Gasteiger partial charge is 0.374 e. The first-order valence-electron chi connectivity index (χ1n) is 6.65. The molecule has 114 valence electrons. The predicted octanol–water partition coefficient (Wildman–Crippen LogP) is 1.05. The summed E-state index contributed by atoms with van der Waals surface area (Å²) in [4.78, 5) is 23.7. The number of hydrogen-bond donors (Lipinski definition) is 2. The Balaban J connectivity index is 1.90. The third kappa shape index (κ3) is 4.40. The van der Waals surface area contributed by atoms with E-state index in [9.17, 15) is 14.9 Å². The van der Waals surface area contributed by atoms with E-state index in [0.29, 0.717) is 25.4 Å². The number of nitrogens with one attached hydrogen (secondary N) is 2. The van der Waals surface area contributed by atoms with Gasteiger partial charge in [-0.15, -0.1) is 0 Å². The van der Waals surface area contributed by atoms with Gasteiger partial charge in [-0.05, 0) is 6.07 Å². The number of morpholine rings is 1. The second-order valence-corrected chi connectivity index (χ2v) is 4.82. The normalized spacial score (nSPS) is 18.0. The molecule has 2 rings (SSSR count). The minimum Gasteiger partial charge on any atom is -0.374 e. The fourth-order valence-electron chi connectivity index (χ4n) is 2.04. The van der Waals surface area contributed by atoms with Gasteiger partial charge in [0.05, 0.1) is 17.6 Å². The molecular formula is C13H18N4O4. The van der Waals surface area contributed by atoms with Crippen LogP contribution in [-0.4, -0.2) is 55.2 Å². The van der Waals surface area contributed by atoms with Crippen molar-refractivity contribution in [2.24, 2.45) is 0 Å². The van der Waals surface area contributed by atoms with Crippen molar-refractivity contribution in [1.29, 1.82) is 0 Å². The Morgan fingerprint density at radius 1 is 1.62 bits per heavy atom. The number of non-ortho nitro benzene ring substituents is 1. The number of hydrogen-bond acceptors (Lipinski definition) is 5. The van der Waals surface area contributed by atoms with E-state index in [1.807, 2.05) is 0 Å². The molecule has 21 heavy (non-hydrogen) atoms. The SMILES string of the molecule is CN(CC1CNCCO1)C(=O)Nc1cccc([N+](=O)[O-])c1. The van der Waals surface area contributed by atoms with Gasteiger partial charge in [-0.25, -0.2) is 4.79 Å². The summed E-state index contributed by atoms with van der Waals surface area (Å²) >= 11 is 0. The number of rotatable bonds is 4. The van der Waals surface area contributed by atoms with Crippen LogP contribution in [0, 0.1) is 10.1 Å². The van der Waals surface area contributed by atoms with Gasteiger partial charge < -0.3 is 20.3 Å². The van der Waals surface area contributed by atoms with E-state index in [1.54, 1.807) is 13.1 Å². The molecule has 1 saturated heterocycles. The number of nitrogens with zero attached hydrogens (tertiary/aromatic N) is 2. The highest BCUT2D eigenvalue weighted by Crippen LogP contribution is 2.17. The summed E-state index contributed by atoms with van der Waals surface area (Å²) in [7, 11) is 1.66. The number of carbonyl (C=O) groups excluding carboxylic acids is 1. The third-order valence-electron chi connectivity index (χ3n) is 3.14. The van der Waals surface area contributed by atoms with Crippen LogP contribution >= 0.6 is 0 Å². The number of ether oxygens (including phenoxy) is 1. The summed E-state index contributed by atoms with van der Waals surface area (Å²) in [6.07, 6.45) is -0.0420. The van der Waals surface area contributed by atoms with Crippen molar-refractivity contribution in [3.8, 4) is 0 Å². The van der Waals surface area contributed by atoms with Gasteiger partial charge in [-0.3, -0.25) is 10.1 Å². The summed E-state index contributed by atoms with van der Waals surface area (Å²) in [5, 5.41) is 16.5. The molecule has 0 saturated carbocycles. The van der Waals surface area contributed by atoms with E-state index in [0.717, 1.165) is 6.54 Å². The van der Waals surface area contributed by atoms with E-state index in [4.69, 9.17) is 4.74 Å². The summed E-state index contributed by atoms with van der Waals surface area (Å²) in [5.74, 6) is 0. The van der Waals surface area contributed by atoms with Gasteiger partial charge in [-0.2, -0.15) is 0 Å². The number of nitro benzene ring substituents is 1. The predicted molar refractivity (Wildman–Crippen MR) is 77.4 cm³/mol. The topological polar surface area (TPSA) is 96.7 Å². The molecule has 0 aromatic heterocycles. The first kappa shape index (κ1) is 15.2. The molecular weight excluding hydrogens is 276 g/mol. The van der Waals surface area contributed by atoms with Crippen LogP contribution in [0.5, 0.6) is 0 Å². The Kier molecular flexibility index (Phi) is 5.07. The maximum absolute atomic E-state index is 12.0. The maximum Gasteiger partial charge on any atom is 0.321 e. The van der Waals surface area contributed by atoms with E-state index < -0.39 is 4.92 Å². The monoisotopic (exact) mass is 294 g/mol. The van der Waals surface area contributed by atoms with E-state index >= 15 is 0 Å². The molecule has 8 heteroatoms. The van der Waals surface area contributed by atoms with Gasteiger partial charge in [0.2, 0.25) is 0 Å². The zero-order chi connectivity index (χ0) is 15.2. The fraction of sp³-hybridized carbons (Fsp3) is 0.462. The Labute approximate surface area is 122 Å². The standard InChI is InChI=1S/C13H18N4O4/c1-16(9-12-8-14-5-6-21-12)13(18)15-10-3-2-4-11(7-10)17(19)20/h2-4,7,12,14H,5-6,8-9H2,1H3,(H,15,18). The second kappa shape index (κ2) is 7.00. The molecule has 2 N–H and O–H groups in total. The average Bonchev–Trinajstić information content (AvgIpc) is 2.48. The van der Waals surface area contributed by atoms with Crippen molar-refractivity contribution in [3.63, 3.8) is 0 Å². The van der Waals surface area contributed by atoms with Crippen molar-refractivity contribution < 1.29 is 14.5 Å². The van der Waals surface area contributed by atoms with Gasteiger partial charge in [0, 0.05) is 44.5 Å². The molecule has 2 amide bonds. The van der Waals surface area contributed by atoms with Crippen LogP contribution in [0.15, 0.2) is 24.3 Å². The van der Waals surface area contributed by atoms with Crippen LogP contribution in [0.4, 0.5) is 16.2 Å². The van der Waals surface area contributed by atoms with Crippen molar-refractivity contribution in [2.45, 2.75) is 6.10 Å². The third-order valence-corrected chi connectivity index (χ3v) is 3.14. The first-order valence-corrected chi connectivity index (χ1v) is 6.65. The lowest BCUT2D eigenvalue weighted by Gasteiger charge is -2.28. The second-order valence-electron chi connectivity index (χ2n) is 4.82. The number of amides is 2. The van der Waals surface area contributed by atoms with Crippen molar-refractivity contribution in [2.75, 3.05) is 38.6 Å². The van der Waals surface area contributed by atoms with Gasteiger partial charge in [-0.1, -0.05) is 6.07 Å². The summed E-state index contributed by atoms with van der Waals surface area (Å²) < 4.78 is 5.53. The molecule has 1 atom stereocenters. The molecule has 0 aliphatic carbocycles. The molecule has 1 aliphatic heterocycles. The Morgan fingerprint density at radius 2 is 2.43 bits per heavy atom. The lowest BCUT2D eigenvalue weighted by molar-refractivity contribution is -0.384. The first-order chi connectivity index (χ1) is 10.1. The highest BCUT2D eigenvalue weighted by Gasteiger charge is 2.19. The van der Waals surface area contributed by atoms with Crippen molar-refractivity contribution >= 4 is 17.4 Å². The number of anilines is 1. The molecule has 8 nitrogen and oxygen atoms in total. The van der Waals surface area contributed by atoms with Gasteiger partial charge in [0.15, 0.2) is 0 Å². The van der Waals surface area contributed by atoms with Crippen LogP contribution < -0.4 is 10.6 Å². The number of urea groups is 1. The number of likely N-dealkylation sites (N-methyl/N-ethyl adjacent to an activating group) is 1. The zero-order valence-electron chi connectivity index (χ0n) is 11.7. The Bertz CT molecular complexity index is 517. The molecule has 1 heterocycles. The number of nitro groups is 1. The smallest absolute Gasteiger partial charge is 0.321 e. The van der Waals surface area contributed by atoms with Crippen molar-refractivity contribution in [3.05, 3.63) is 34.4 Å². The molecule has 1 unspecified atom stereocenters. The molecule has 0 bridgehead atoms. The van der Waals surface area contributed by atoms with Crippen molar-refractivity contribution in [1.82, 2.24) is 10.2 Å². The van der Waals surface area contributed by atoms with E-state index in [-0.39, 0.29) is 17.8 Å². The lowest BCUT2D eigenvalue weighted by Crippen LogP contribution is -2.46. The van der Waals surface area contributed by atoms with Crippen LogP contribution in [0.3, 0.4) is 0 Å². The minimum atomic E-state index is -0.499. The molecule has 1 aromatic rings. The van der Waals surface area contributed by atoms with Gasteiger partial charge in [0.1, 0.15) is 0 Å². The molecule has 0 radical (unpaired) electrons. The minimum absolute atomic E-state index is 0.0420. The van der Waals surface area contributed by atoms with E-state index in [2.05, 4.69) is 10.6 Å². The van der Waals surface area contributed by atoms with Crippen LogP contribution in [-0.2, 0) is 4.74 Å². The van der Waals surface area contributed by atoms with Gasteiger partial charge >= 0.3 is 6.03 Å². The summed E-state index contributed by atoms with van der Waals surface area (Å²) in [6.45, 7) is 2.60. The summed E-state index contributed by atoms with van der Waals surface area (Å²) in [5.41, 5.74) is 0.332. The fourth-order valence-corrected chi connectivity index (χ4v) is 2.04. The Hall–Kier alpha value is -2.19. The molecule has 0 spiro atoms. The van der Waals surface area contributed by atoms with Crippen LogP contribution in [0.2, 0.25) is 0 Å². The van der Waals surface area contributed by atoms with Gasteiger partial charge in [0.25, 0.3) is 5.69 Å². The maximum atomic E-state index is 12.0. The van der Waals surface area contributed by atoms with Crippen LogP contribution in [0.25, 0.3) is 0 Å². The highest BCUT2D eigenvalue weighted by atomic mass is 16.6. The zero-order valence-corrected chi connectivity index (χ0v) is 11.7. The lowest BCUT2D eigenvalue weighted by atomic mass is 10.3. The Morgan fingerprint density at radius 3 is 3.10 bits per heavy atom. The highest BCUT2D eigenvalue weighted by molar-refractivity contribution is 5.89. The molecule has 1 aliphatic rings. The average molecular weight is 294 g/mol. The number of carbonyl (C=O) groups is 1. The molecule has 1 aromatic carbocycles. The summed E-state index contributed by atoms with van der Waals surface area (Å²) in [6, 6.07) is 5.51. The number of benzene rings is 1.